The lowest BCUT2D eigenvalue weighted by Gasteiger charge is -2.19. The van der Waals surface area contributed by atoms with E-state index in [1.165, 1.54) is 0 Å². The second-order valence-corrected chi connectivity index (χ2v) is 5.23. The predicted molar refractivity (Wildman–Crippen MR) is 61.0 cm³/mol. The topological polar surface area (TPSA) is 74.2 Å². The van der Waals surface area contributed by atoms with E-state index < -0.39 is 5.54 Å². The van der Waals surface area contributed by atoms with Crippen LogP contribution in [-0.4, -0.2) is 23.4 Å². The molecular formula is C11H21N3O2. The van der Waals surface area contributed by atoms with Gasteiger partial charge in [0.1, 0.15) is 5.54 Å². The number of aromatic nitrogens is 2. The predicted octanol–water partition coefficient (Wildman–Crippen LogP) is 1.58. The number of nitrogens with two attached hydrogens (primary N) is 1. The second kappa shape index (κ2) is 4.51. The summed E-state index contributed by atoms with van der Waals surface area (Å²) in [7, 11) is 0. The molecule has 1 aromatic rings. The van der Waals surface area contributed by atoms with Gasteiger partial charge in [0, 0.05) is 12.0 Å². The van der Waals surface area contributed by atoms with Crippen molar-refractivity contribution < 1.29 is 9.26 Å². The van der Waals surface area contributed by atoms with Gasteiger partial charge in [0.05, 0.1) is 6.61 Å². The Kier molecular flexibility index (Phi) is 3.70. The van der Waals surface area contributed by atoms with Crippen molar-refractivity contribution in [2.45, 2.75) is 45.6 Å². The molecule has 1 unspecified atom stereocenters. The van der Waals surface area contributed by atoms with Crippen LogP contribution in [0.15, 0.2) is 4.52 Å². The molecular weight excluding hydrogens is 206 g/mol. The first kappa shape index (κ1) is 13.1. The molecule has 1 heterocycles. The zero-order chi connectivity index (χ0) is 12.4. The summed E-state index contributed by atoms with van der Waals surface area (Å²) in [4.78, 5) is 4.32. The van der Waals surface area contributed by atoms with Gasteiger partial charge in [-0.05, 0) is 13.8 Å². The minimum atomic E-state index is -0.705. The van der Waals surface area contributed by atoms with Gasteiger partial charge in [-0.25, -0.2) is 0 Å². The van der Waals surface area contributed by atoms with Crippen molar-refractivity contribution in [1.29, 1.82) is 0 Å². The maximum absolute atomic E-state index is 6.07. The Labute approximate surface area is 96.4 Å². The van der Waals surface area contributed by atoms with E-state index in [1.54, 1.807) is 0 Å². The Morgan fingerprint density at radius 2 is 1.94 bits per heavy atom. The molecule has 0 aliphatic carbocycles. The third kappa shape index (κ3) is 3.02. The SMILES string of the molecule is CCOCC(C)(N)c1noc(C(C)(C)C)n1. The zero-order valence-electron chi connectivity index (χ0n) is 10.7. The van der Waals surface area contributed by atoms with Crippen LogP contribution >= 0.6 is 0 Å². The Hall–Kier alpha value is -0.940. The Balaban J connectivity index is 2.84. The maximum Gasteiger partial charge on any atom is 0.232 e. The normalized spacial score (nSPS) is 16.1. The van der Waals surface area contributed by atoms with E-state index in [9.17, 15) is 0 Å². The Bertz CT molecular complexity index is 339. The van der Waals surface area contributed by atoms with Crippen LogP contribution in [0.5, 0.6) is 0 Å². The number of hydrogen-bond acceptors (Lipinski definition) is 5. The summed E-state index contributed by atoms with van der Waals surface area (Å²) in [6.07, 6.45) is 0. The lowest BCUT2D eigenvalue weighted by Crippen LogP contribution is -2.39. The minimum Gasteiger partial charge on any atom is -0.379 e. The van der Waals surface area contributed by atoms with Gasteiger partial charge in [0.2, 0.25) is 5.89 Å². The van der Waals surface area contributed by atoms with E-state index in [2.05, 4.69) is 10.1 Å². The number of nitrogens with zero attached hydrogens (tertiary/aromatic N) is 2. The molecule has 0 saturated heterocycles. The highest BCUT2D eigenvalue weighted by molar-refractivity contribution is 5.05. The summed E-state index contributed by atoms with van der Waals surface area (Å²) in [5.74, 6) is 1.08. The fourth-order valence-electron chi connectivity index (χ4n) is 1.14. The summed E-state index contributed by atoms with van der Waals surface area (Å²) < 4.78 is 10.5. The van der Waals surface area contributed by atoms with Crippen LogP contribution in [0.25, 0.3) is 0 Å². The molecule has 0 aliphatic heterocycles. The highest BCUT2D eigenvalue weighted by Crippen LogP contribution is 2.23. The zero-order valence-corrected chi connectivity index (χ0v) is 10.7. The van der Waals surface area contributed by atoms with Crippen LogP contribution < -0.4 is 5.73 Å². The molecule has 0 amide bonds. The molecule has 0 aromatic carbocycles. The molecule has 0 spiro atoms. The highest BCUT2D eigenvalue weighted by atomic mass is 16.5. The van der Waals surface area contributed by atoms with E-state index in [-0.39, 0.29) is 5.41 Å². The molecule has 1 atom stereocenters. The van der Waals surface area contributed by atoms with Gasteiger partial charge >= 0.3 is 0 Å². The van der Waals surface area contributed by atoms with Gasteiger partial charge in [0.15, 0.2) is 5.82 Å². The molecule has 2 N–H and O–H groups in total. The third-order valence-corrected chi connectivity index (χ3v) is 2.18. The quantitative estimate of drug-likeness (QED) is 0.845. The molecule has 0 saturated carbocycles. The third-order valence-electron chi connectivity index (χ3n) is 2.18. The first-order valence-corrected chi connectivity index (χ1v) is 5.48. The summed E-state index contributed by atoms with van der Waals surface area (Å²) in [5, 5.41) is 3.92. The number of hydrogen-bond donors (Lipinski definition) is 1. The van der Waals surface area contributed by atoms with Gasteiger partial charge in [-0.3, -0.25) is 0 Å². The van der Waals surface area contributed by atoms with E-state index in [4.69, 9.17) is 15.0 Å². The molecule has 0 radical (unpaired) electrons. The summed E-state index contributed by atoms with van der Waals surface area (Å²) in [5.41, 5.74) is 5.21. The van der Waals surface area contributed by atoms with Crippen molar-refractivity contribution in [3.8, 4) is 0 Å². The van der Waals surface area contributed by atoms with Crippen LogP contribution in [0.2, 0.25) is 0 Å². The lowest BCUT2D eigenvalue weighted by molar-refractivity contribution is 0.0962. The molecule has 16 heavy (non-hydrogen) atoms. The molecule has 92 valence electrons. The van der Waals surface area contributed by atoms with Gasteiger partial charge in [0.25, 0.3) is 0 Å². The first-order chi connectivity index (χ1) is 7.27. The van der Waals surface area contributed by atoms with E-state index >= 15 is 0 Å². The first-order valence-electron chi connectivity index (χ1n) is 5.48. The fourth-order valence-corrected chi connectivity index (χ4v) is 1.14. The molecule has 0 aliphatic rings. The van der Waals surface area contributed by atoms with E-state index in [1.807, 2.05) is 34.6 Å². The molecule has 0 bridgehead atoms. The second-order valence-electron chi connectivity index (χ2n) is 5.23. The van der Waals surface area contributed by atoms with Crippen molar-refractivity contribution >= 4 is 0 Å². The molecule has 1 rings (SSSR count). The number of ether oxygens (including phenoxy) is 1. The standard InChI is InChI=1S/C11H21N3O2/c1-6-15-7-11(5,12)8-13-9(16-14-8)10(2,3)4/h6-7,12H2,1-5H3. The summed E-state index contributed by atoms with van der Waals surface area (Å²) in [6.45, 7) is 10.8. The van der Waals surface area contributed by atoms with Gasteiger partial charge in [-0.1, -0.05) is 25.9 Å². The van der Waals surface area contributed by atoms with E-state index in [0.29, 0.717) is 24.9 Å². The monoisotopic (exact) mass is 227 g/mol. The van der Waals surface area contributed by atoms with Crippen LogP contribution in [0, 0.1) is 0 Å². The average Bonchev–Trinajstić information content (AvgIpc) is 2.63. The fraction of sp³-hybridized carbons (Fsp3) is 0.818. The summed E-state index contributed by atoms with van der Waals surface area (Å²) in [6, 6.07) is 0. The summed E-state index contributed by atoms with van der Waals surface area (Å²) >= 11 is 0. The van der Waals surface area contributed by atoms with Gasteiger partial charge < -0.3 is 15.0 Å². The Morgan fingerprint density at radius 3 is 2.38 bits per heavy atom. The van der Waals surface area contributed by atoms with Crippen molar-refractivity contribution in [1.82, 2.24) is 10.1 Å². The van der Waals surface area contributed by atoms with Crippen LogP contribution in [-0.2, 0) is 15.7 Å². The molecule has 5 heteroatoms. The van der Waals surface area contributed by atoms with E-state index in [0.717, 1.165) is 0 Å². The average molecular weight is 227 g/mol. The van der Waals surface area contributed by atoms with Crippen molar-refractivity contribution in [2.24, 2.45) is 5.73 Å². The van der Waals surface area contributed by atoms with Crippen molar-refractivity contribution in [3.05, 3.63) is 11.7 Å². The molecule has 1 aromatic heterocycles. The Morgan fingerprint density at radius 1 is 1.31 bits per heavy atom. The molecule has 5 nitrogen and oxygen atoms in total. The van der Waals surface area contributed by atoms with Gasteiger partial charge in [-0.15, -0.1) is 0 Å². The molecule has 0 fully saturated rings. The van der Waals surface area contributed by atoms with Crippen LogP contribution in [0.1, 0.15) is 46.3 Å². The van der Waals surface area contributed by atoms with Crippen molar-refractivity contribution in [2.75, 3.05) is 13.2 Å². The largest absolute Gasteiger partial charge is 0.379 e. The minimum absolute atomic E-state index is 0.160. The lowest BCUT2D eigenvalue weighted by atomic mass is 9.97. The van der Waals surface area contributed by atoms with Gasteiger partial charge in [-0.2, -0.15) is 4.98 Å². The number of rotatable bonds is 4. The highest BCUT2D eigenvalue weighted by Gasteiger charge is 2.30. The van der Waals surface area contributed by atoms with Crippen LogP contribution in [0.3, 0.4) is 0 Å². The smallest absolute Gasteiger partial charge is 0.232 e. The van der Waals surface area contributed by atoms with Crippen LogP contribution in [0.4, 0.5) is 0 Å². The van der Waals surface area contributed by atoms with Crippen molar-refractivity contribution in [3.63, 3.8) is 0 Å². The maximum atomic E-state index is 6.07.